The average Bonchev–Trinajstić information content (AvgIpc) is 2.46. The van der Waals surface area contributed by atoms with E-state index in [1.54, 1.807) is 23.1 Å². The fraction of sp³-hybridized carbons (Fsp3) is 0.429. The summed E-state index contributed by atoms with van der Waals surface area (Å²) >= 11 is 0. The molecule has 1 aliphatic heterocycles. The highest BCUT2D eigenvalue weighted by Crippen LogP contribution is 2.13. The van der Waals surface area contributed by atoms with Gasteiger partial charge in [-0.3, -0.25) is 4.79 Å². The zero-order valence-corrected chi connectivity index (χ0v) is 11.0. The van der Waals surface area contributed by atoms with Crippen molar-refractivity contribution in [1.29, 1.82) is 0 Å². The Morgan fingerprint density at radius 1 is 1.11 bits per heavy atom. The molecule has 1 heterocycles. The lowest BCUT2D eigenvalue weighted by molar-refractivity contribution is -0.255. The van der Waals surface area contributed by atoms with Crippen LogP contribution in [0.15, 0.2) is 24.3 Å². The first-order valence-corrected chi connectivity index (χ1v) is 6.45. The van der Waals surface area contributed by atoms with E-state index in [0.717, 1.165) is 19.6 Å². The van der Waals surface area contributed by atoms with Crippen LogP contribution in [0.1, 0.15) is 27.6 Å². The molecular formula is C14H17N2O3-. The Kier molecular flexibility index (Phi) is 4.16. The molecule has 0 unspecified atom stereocenters. The van der Waals surface area contributed by atoms with Gasteiger partial charge in [-0.15, -0.1) is 0 Å². The monoisotopic (exact) mass is 261 g/mol. The van der Waals surface area contributed by atoms with Crippen LogP contribution >= 0.6 is 0 Å². The number of rotatable bonds is 3. The summed E-state index contributed by atoms with van der Waals surface area (Å²) in [4.78, 5) is 27.3. The van der Waals surface area contributed by atoms with Crippen molar-refractivity contribution in [3.05, 3.63) is 35.4 Å². The van der Waals surface area contributed by atoms with E-state index >= 15 is 0 Å². The van der Waals surface area contributed by atoms with Gasteiger partial charge in [-0.05, 0) is 12.6 Å². The van der Waals surface area contributed by atoms with E-state index in [2.05, 4.69) is 11.8 Å². The fourth-order valence-electron chi connectivity index (χ4n) is 2.29. The van der Waals surface area contributed by atoms with Gasteiger partial charge in [0.1, 0.15) is 0 Å². The van der Waals surface area contributed by atoms with Crippen molar-refractivity contribution in [2.45, 2.75) is 6.92 Å². The number of carbonyl (C=O) groups excluding carboxylic acids is 2. The summed E-state index contributed by atoms with van der Waals surface area (Å²) in [7, 11) is 0. The first kappa shape index (κ1) is 13.5. The summed E-state index contributed by atoms with van der Waals surface area (Å²) in [5.41, 5.74) is 0.179. The van der Waals surface area contributed by atoms with E-state index in [9.17, 15) is 14.7 Å². The van der Waals surface area contributed by atoms with Crippen LogP contribution in [0.4, 0.5) is 0 Å². The van der Waals surface area contributed by atoms with Crippen LogP contribution in [0.5, 0.6) is 0 Å². The zero-order chi connectivity index (χ0) is 13.8. The number of hydrogen-bond acceptors (Lipinski definition) is 4. The van der Waals surface area contributed by atoms with Gasteiger partial charge in [-0.2, -0.15) is 0 Å². The van der Waals surface area contributed by atoms with Crippen LogP contribution in [0.25, 0.3) is 0 Å². The van der Waals surface area contributed by atoms with Crippen molar-refractivity contribution < 1.29 is 14.7 Å². The minimum Gasteiger partial charge on any atom is -0.545 e. The number of carboxylic acids is 1. The number of amides is 1. The third-order valence-electron chi connectivity index (χ3n) is 3.48. The molecule has 1 aromatic carbocycles. The Bertz CT molecular complexity index is 479. The number of likely N-dealkylation sites (N-methyl/N-ethyl adjacent to an activating group) is 1. The molecule has 0 bridgehead atoms. The number of carboxylic acid groups (broad SMARTS) is 1. The molecule has 19 heavy (non-hydrogen) atoms. The molecule has 1 saturated heterocycles. The van der Waals surface area contributed by atoms with E-state index in [1.165, 1.54) is 6.07 Å². The van der Waals surface area contributed by atoms with Crippen molar-refractivity contribution in [3.63, 3.8) is 0 Å². The van der Waals surface area contributed by atoms with Gasteiger partial charge in [0, 0.05) is 37.3 Å². The van der Waals surface area contributed by atoms with Crippen LogP contribution in [-0.2, 0) is 0 Å². The molecule has 1 fully saturated rings. The van der Waals surface area contributed by atoms with Crippen molar-refractivity contribution in [1.82, 2.24) is 9.80 Å². The molecule has 102 valence electrons. The highest BCUT2D eigenvalue weighted by atomic mass is 16.4. The summed E-state index contributed by atoms with van der Waals surface area (Å²) in [6.45, 7) is 5.98. The van der Waals surface area contributed by atoms with Crippen LogP contribution < -0.4 is 5.11 Å². The maximum atomic E-state index is 12.3. The molecular weight excluding hydrogens is 244 g/mol. The van der Waals surface area contributed by atoms with Gasteiger partial charge >= 0.3 is 0 Å². The van der Waals surface area contributed by atoms with E-state index in [4.69, 9.17) is 0 Å². The zero-order valence-electron chi connectivity index (χ0n) is 11.0. The standard InChI is InChI=1S/C14H18N2O3/c1-2-15-7-9-16(10-8-15)13(17)11-5-3-4-6-12(11)14(18)19/h3-6H,2,7-10H2,1H3,(H,18,19)/p-1. The van der Waals surface area contributed by atoms with Crippen LogP contribution in [-0.4, -0.2) is 54.4 Å². The Balaban J connectivity index is 2.15. The molecule has 0 aromatic heterocycles. The molecule has 0 spiro atoms. The van der Waals surface area contributed by atoms with Crippen LogP contribution in [0.3, 0.4) is 0 Å². The molecule has 1 aromatic rings. The second-order valence-corrected chi connectivity index (χ2v) is 4.56. The lowest BCUT2D eigenvalue weighted by Crippen LogP contribution is -2.48. The maximum absolute atomic E-state index is 12.3. The van der Waals surface area contributed by atoms with E-state index in [0.29, 0.717) is 13.1 Å². The molecule has 0 atom stereocenters. The minimum atomic E-state index is -1.31. The summed E-state index contributed by atoms with van der Waals surface area (Å²) < 4.78 is 0. The number of carbonyl (C=O) groups is 2. The van der Waals surface area contributed by atoms with Crippen LogP contribution in [0.2, 0.25) is 0 Å². The third kappa shape index (κ3) is 2.93. The van der Waals surface area contributed by atoms with Gasteiger partial charge in [0.05, 0.1) is 5.97 Å². The topological polar surface area (TPSA) is 63.7 Å². The maximum Gasteiger partial charge on any atom is 0.254 e. The van der Waals surface area contributed by atoms with E-state index < -0.39 is 5.97 Å². The Morgan fingerprint density at radius 3 is 2.21 bits per heavy atom. The number of aromatic carboxylic acids is 1. The van der Waals surface area contributed by atoms with Crippen molar-refractivity contribution in [2.24, 2.45) is 0 Å². The first-order valence-electron chi connectivity index (χ1n) is 6.45. The molecule has 0 aliphatic carbocycles. The molecule has 1 amide bonds. The fourth-order valence-corrected chi connectivity index (χ4v) is 2.29. The smallest absolute Gasteiger partial charge is 0.254 e. The molecule has 0 N–H and O–H groups in total. The number of benzene rings is 1. The third-order valence-corrected chi connectivity index (χ3v) is 3.48. The van der Waals surface area contributed by atoms with Gasteiger partial charge in [0.25, 0.3) is 5.91 Å². The summed E-state index contributed by atoms with van der Waals surface area (Å²) in [5, 5.41) is 11.0. The highest BCUT2D eigenvalue weighted by Gasteiger charge is 2.22. The summed E-state index contributed by atoms with van der Waals surface area (Å²) in [6.07, 6.45) is 0. The van der Waals surface area contributed by atoms with E-state index in [1.807, 2.05) is 0 Å². The van der Waals surface area contributed by atoms with Gasteiger partial charge in [0.15, 0.2) is 0 Å². The minimum absolute atomic E-state index is 0.0366. The number of piperazine rings is 1. The second-order valence-electron chi connectivity index (χ2n) is 4.56. The Labute approximate surface area is 112 Å². The Hall–Kier alpha value is -1.88. The predicted molar refractivity (Wildman–Crippen MR) is 68.8 cm³/mol. The predicted octanol–water partition coefficient (Wildman–Crippen LogP) is -0.172. The molecule has 0 radical (unpaired) electrons. The van der Waals surface area contributed by atoms with Gasteiger partial charge in [-0.25, -0.2) is 0 Å². The van der Waals surface area contributed by atoms with Crippen molar-refractivity contribution >= 4 is 11.9 Å². The summed E-state index contributed by atoms with van der Waals surface area (Å²) in [5.74, 6) is -1.54. The molecule has 5 nitrogen and oxygen atoms in total. The molecule has 2 rings (SSSR count). The van der Waals surface area contributed by atoms with Gasteiger partial charge in [-0.1, -0.05) is 25.1 Å². The average molecular weight is 261 g/mol. The van der Waals surface area contributed by atoms with Crippen molar-refractivity contribution in [3.8, 4) is 0 Å². The van der Waals surface area contributed by atoms with Crippen LogP contribution in [0, 0.1) is 0 Å². The number of nitrogens with zero attached hydrogens (tertiary/aromatic N) is 2. The first-order chi connectivity index (χ1) is 9.13. The normalized spacial score (nSPS) is 16.4. The Morgan fingerprint density at radius 2 is 1.68 bits per heavy atom. The summed E-state index contributed by atoms with van der Waals surface area (Å²) in [6, 6.07) is 6.21. The lowest BCUT2D eigenvalue weighted by Gasteiger charge is -2.34. The van der Waals surface area contributed by atoms with E-state index in [-0.39, 0.29) is 17.0 Å². The van der Waals surface area contributed by atoms with Gasteiger partial charge in [0.2, 0.25) is 0 Å². The SMILES string of the molecule is CCN1CCN(C(=O)c2ccccc2C(=O)[O-])CC1. The largest absolute Gasteiger partial charge is 0.545 e. The molecule has 5 heteroatoms. The molecule has 0 saturated carbocycles. The molecule has 1 aliphatic rings. The number of hydrogen-bond donors (Lipinski definition) is 0. The second kappa shape index (κ2) is 5.84. The quantitative estimate of drug-likeness (QED) is 0.757. The van der Waals surface area contributed by atoms with Crippen molar-refractivity contribution in [2.75, 3.05) is 32.7 Å². The highest BCUT2D eigenvalue weighted by molar-refractivity contribution is 6.04. The lowest BCUT2D eigenvalue weighted by atomic mass is 10.1. The van der Waals surface area contributed by atoms with Gasteiger partial charge < -0.3 is 19.7 Å².